The van der Waals surface area contributed by atoms with Crippen molar-refractivity contribution >= 4 is 5.69 Å². The molecule has 0 radical (unpaired) electrons. The fourth-order valence-corrected chi connectivity index (χ4v) is 2.27. The maximum absolute atomic E-state index is 12.8. The number of halogens is 1. The summed E-state index contributed by atoms with van der Waals surface area (Å²) in [5.41, 5.74) is 1.11. The van der Waals surface area contributed by atoms with Crippen molar-refractivity contribution in [3.8, 4) is 0 Å². The van der Waals surface area contributed by atoms with Crippen LogP contribution in [0.15, 0.2) is 24.3 Å². The topological polar surface area (TPSA) is 6.48 Å². The first-order valence-corrected chi connectivity index (χ1v) is 5.84. The van der Waals surface area contributed by atoms with Crippen LogP contribution in [0.1, 0.15) is 12.8 Å². The van der Waals surface area contributed by atoms with E-state index in [1.165, 1.54) is 25.0 Å². The third-order valence-corrected chi connectivity index (χ3v) is 3.47. The van der Waals surface area contributed by atoms with Crippen LogP contribution in [-0.2, 0) is 0 Å². The van der Waals surface area contributed by atoms with Crippen molar-refractivity contribution in [1.29, 1.82) is 0 Å². The normalized spacial score (nSPS) is 18.7. The number of likely N-dealkylation sites (tertiary alicyclic amines) is 1. The fourth-order valence-electron chi connectivity index (χ4n) is 2.27. The molecule has 1 fully saturated rings. The molecule has 1 aromatic rings. The van der Waals surface area contributed by atoms with Gasteiger partial charge in [-0.15, -0.1) is 0 Å². The molecule has 1 aliphatic rings. The van der Waals surface area contributed by atoms with Gasteiger partial charge < -0.3 is 9.80 Å². The van der Waals surface area contributed by atoms with Gasteiger partial charge in [-0.3, -0.25) is 0 Å². The Balaban J connectivity index is 2.01. The second kappa shape index (κ2) is 4.83. The number of piperidine rings is 1. The highest BCUT2D eigenvalue weighted by molar-refractivity contribution is 5.46. The predicted molar refractivity (Wildman–Crippen MR) is 65.3 cm³/mol. The smallest absolute Gasteiger partial charge is 0.123 e. The van der Waals surface area contributed by atoms with Crippen molar-refractivity contribution in [1.82, 2.24) is 4.90 Å². The van der Waals surface area contributed by atoms with E-state index in [9.17, 15) is 4.39 Å². The molecule has 0 saturated carbocycles. The zero-order valence-corrected chi connectivity index (χ0v) is 9.99. The maximum Gasteiger partial charge on any atom is 0.123 e. The molecule has 2 nitrogen and oxygen atoms in total. The average Bonchev–Trinajstić information content (AvgIpc) is 2.30. The number of nitrogens with zero attached hydrogens (tertiary/aromatic N) is 2. The fraction of sp³-hybridized carbons (Fsp3) is 0.538. The van der Waals surface area contributed by atoms with Crippen LogP contribution in [0.25, 0.3) is 0 Å². The van der Waals surface area contributed by atoms with Crippen LogP contribution in [-0.4, -0.2) is 38.1 Å². The van der Waals surface area contributed by atoms with Gasteiger partial charge in [-0.25, -0.2) is 4.39 Å². The lowest BCUT2D eigenvalue weighted by Crippen LogP contribution is -2.41. The quantitative estimate of drug-likeness (QED) is 0.758. The summed E-state index contributed by atoms with van der Waals surface area (Å²) in [5, 5.41) is 0. The van der Waals surface area contributed by atoms with Crippen LogP contribution in [0.5, 0.6) is 0 Å². The number of anilines is 1. The standard InChI is InChI=1S/C13H19FN2/c1-15-9-7-13(8-10-15)16(2)12-5-3-11(14)4-6-12/h3-6,13H,7-10H2,1-2H3. The molecular formula is C13H19FN2. The van der Waals surface area contributed by atoms with E-state index in [2.05, 4.69) is 23.9 Å². The van der Waals surface area contributed by atoms with Gasteiger partial charge in [0.2, 0.25) is 0 Å². The van der Waals surface area contributed by atoms with Gasteiger partial charge in [-0.1, -0.05) is 0 Å². The van der Waals surface area contributed by atoms with E-state index in [0.717, 1.165) is 18.8 Å². The molecule has 88 valence electrons. The van der Waals surface area contributed by atoms with Gasteiger partial charge >= 0.3 is 0 Å². The van der Waals surface area contributed by atoms with Gasteiger partial charge in [-0.05, 0) is 57.2 Å². The van der Waals surface area contributed by atoms with Crippen LogP contribution in [0.4, 0.5) is 10.1 Å². The number of hydrogen-bond donors (Lipinski definition) is 0. The SMILES string of the molecule is CN1CCC(N(C)c2ccc(F)cc2)CC1. The van der Waals surface area contributed by atoms with E-state index < -0.39 is 0 Å². The highest BCUT2D eigenvalue weighted by atomic mass is 19.1. The third kappa shape index (κ3) is 2.53. The highest BCUT2D eigenvalue weighted by Crippen LogP contribution is 2.21. The van der Waals surface area contributed by atoms with Crippen molar-refractivity contribution < 1.29 is 4.39 Å². The summed E-state index contributed by atoms with van der Waals surface area (Å²) < 4.78 is 12.8. The average molecular weight is 222 g/mol. The molecule has 0 aromatic heterocycles. The molecule has 0 atom stereocenters. The van der Waals surface area contributed by atoms with Gasteiger partial charge in [0.25, 0.3) is 0 Å². The van der Waals surface area contributed by atoms with E-state index in [-0.39, 0.29) is 5.82 Å². The molecular weight excluding hydrogens is 203 g/mol. The minimum atomic E-state index is -0.166. The molecule has 0 spiro atoms. The van der Waals surface area contributed by atoms with Gasteiger partial charge in [-0.2, -0.15) is 0 Å². The zero-order chi connectivity index (χ0) is 11.5. The first kappa shape index (κ1) is 11.4. The third-order valence-electron chi connectivity index (χ3n) is 3.47. The lowest BCUT2D eigenvalue weighted by molar-refractivity contribution is 0.253. The van der Waals surface area contributed by atoms with E-state index in [4.69, 9.17) is 0 Å². The van der Waals surface area contributed by atoms with Gasteiger partial charge in [0, 0.05) is 18.8 Å². The highest BCUT2D eigenvalue weighted by Gasteiger charge is 2.20. The Hall–Kier alpha value is -1.09. The van der Waals surface area contributed by atoms with Crippen molar-refractivity contribution in [2.24, 2.45) is 0 Å². The summed E-state index contributed by atoms with van der Waals surface area (Å²) >= 11 is 0. The van der Waals surface area contributed by atoms with Crippen molar-refractivity contribution in [3.05, 3.63) is 30.1 Å². The molecule has 1 heterocycles. The van der Waals surface area contributed by atoms with Crippen LogP contribution < -0.4 is 4.90 Å². The first-order valence-electron chi connectivity index (χ1n) is 5.84. The summed E-state index contributed by atoms with van der Waals surface area (Å²) in [6.45, 7) is 2.30. The lowest BCUT2D eigenvalue weighted by atomic mass is 10.0. The summed E-state index contributed by atoms with van der Waals surface area (Å²) in [4.78, 5) is 4.63. The second-order valence-electron chi connectivity index (χ2n) is 4.62. The van der Waals surface area contributed by atoms with Crippen molar-refractivity contribution in [2.45, 2.75) is 18.9 Å². The Morgan fingerprint density at radius 1 is 1.19 bits per heavy atom. The van der Waals surface area contributed by atoms with Crippen molar-refractivity contribution in [2.75, 3.05) is 32.1 Å². The van der Waals surface area contributed by atoms with E-state index in [0.29, 0.717) is 6.04 Å². The van der Waals surface area contributed by atoms with Gasteiger partial charge in [0.05, 0.1) is 0 Å². The van der Waals surface area contributed by atoms with E-state index in [1.54, 1.807) is 0 Å². The molecule has 0 amide bonds. The van der Waals surface area contributed by atoms with E-state index in [1.807, 2.05) is 12.1 Å². The minimum Gasteiger partial charge on any atom is -0.372 e. The molecule has 2 rings (SSSR count). The Morgan fingerprint density at radius 2 is 1.75 bits per heavy atom. The maximum atomic E-state index is 12.8. The van der Waals surface area contributed by atoms with Crippen LogP contribution in [0, 0.1) is 5.82 Å². The van der Waals surface area contributed by atoms with Crippen LogP contribution in [0.2, 0.25) is 0 Å². The minimum absolute atomic E-state index is 0.166. The zero-order valence-electron chi connectivity index (χ0n) is 9.99. The largest absolute Gasteiger partial charge is 0.372 e. The first-order chi connectivity index (χ1) is 7.66. The summed E-state index contributed by atoms with van der Waals surface area (Å²) in [6, 6.07) is 7.35. The molecule has 16 heavy (non-hydrogen) atoms. The number of hydrogen-bond acceptors (Lipinski definition) is 2. The van der Waals surface area contributed by atoms with Crippen LogP contribution >= 0.6 is 0 Å². The molecule has 1 aliphatic heterocycles. The summed E-state index contributed by atoms with van der Waals surface area (Å²) in [6.07, 6.45) is 2.37. The molecule has 0 bridgehead atoms. The van der Waals surface area contributed by atoms with Crippen LogP contribution in [0.3, 0.4) is 0 Å². The summed E-state index contributed by atoms with van der Waals surface area (Å²) in [7, 11) is 4.26. The Bertz CT molecular complexity index is 328. The molecule has 0 unspecified atom stereocenters. The molecule has 3 heteroatoms. The Labute approximate surface area is 96.7 Å². The summed E-state index contributed by atoms with van der Waals surface area (Å²) in [5.74, 6) is -0.166. The monoisotopic (exact) mass is 222 g/mol. The molecule has 0 N–H and O–H groups in total. The van der Waals surface area contributed by atoms with E-state index >= 15 is 0 Å². The second-order valence-corrected chi connectivity index (χ2v) is 4.62. The molecule has 0 aliphatic carbocycles. The van der Waals surface area contributed by atoms with Crippen molar-refractivity contribution in [3.63, 3.8) is 0 Å². The predicted octanol–water partition coefficient (Wildman–Crippen LogP) is 2.36. The Kier molecular flexibility index (Phi) is 3.44. The van der Waals surface area contributed by atoms with Gasteiger partial charge in [0.15, 0.2) is 0 Å². The lowest BCUT2D eigenvalue weighted by Gasteiger charge is -2.36. The molecule has 1 aromatic carbocycles. The number of benzene rings is 1. The number of rotatable bonds is 2. The Morgan fingerprint density at radius 3 is 2.31 bits per heavy atom. The van der Waals surface area contributed by atoms with Gasteiger partial charge in [0.1, 0.15) is 5.82 Å². The molecule has 1 saturated heterocycles.